The highest BCUT2D eigenvalue weighted by Crippen LogP contribution is 2.37. The van der Waals surface area contributed by atoms with Crippen LogP contribution in [0.5, 0.6) is 5.75 Å². The molecule has 0 bridgehead atoms. The van der Waals surface area contributed by atoms with Crippen molar-refractivity contribution in [3.05, 3.63) is 28.3 Å². The Bertz CT molecular complexity index is 681. The Labute approximate surface area is 173 Å². The van der Waals surface area contributed by atoms with Crippen molar-refractivity contribution < 1.29 is 14.4 Å². The Morgan fingerprint density at radius 2 is 1.86 bits per heavy atom. The molecule has 2 aliphatic rings. The van der Waals surface area contributed by atoms with Crippen LogP contribution >= 0.6 is 0 Å². The highest BCUT2D eigenvalue weighted by Gasteiger charge is 2.38. The minimum atomic E-state index is -0.328. The third-order valence-electron chi connectivity index (χ3n) is 6.51. The van der Waals surface area contributed by atoms with Crippen LogP contribution in [0.1, 0.15) is 59.3 Å². The molecule has 0 amide bonds. The molecule has 1 saturated carbocycles. The van der Waals surface area contributed by atoms with Crippen molar-refractivity contribution in [1.29, 1.82) is 0 Å². The standard InChI is InChI=1S/C22H35N3O4/c1-4-28-18-8-12-22(3,13-9-18)24-14-10-17(11-15-24)23-20-16-19(29-5-2)6-7-21(20)25(26)27/h6-7,16-18,23H,4-5,8-15H2,1-3H3. The van der Waals surface area contributed by atoms with Gasteiger partial charge in [-0.1, -0.05) is 0 Å². The van der Waals surface area contributed by atoms with E-state index in [1.54, 1.807) is 12.1 Å². The first-order valence-electron chi connectivity index (χ1n) is 11.0. The molecule has 1 N–H and O–H groups in total. The molecule has 2 fully saturated rings. The lowest BCUT2D eigenvalue weighted by Crippen LogP contribution is -2.53. The fraction of sp³-hybridized carbons (Fsp3) is 0.727. The second-order valence-corrected chi connectivity index (χ2v) is 8.43. The Morgan fingerprint density at radius 1 is 1.17 bits per heavy atom. The molecule has 0 radical (unpaired) electrons. The average Bonchev–Trinajstić information content (AvgIpc) is 2.71. The largest absolute Gasteiger partial charge is 0.494 e. The summed E-state index contributed by atoms with van der Waals surface area (Å²) < 4.78 is 11.3. The van der Waals surface area contributed by atoms with Gasteiger partial charge in [0, 0.05) is 43.4 Å². The van der Waals surface area contributed by atoms with Crippen molar-refractivity contribution in [2.45, 2.75) is 77.0 Å². The number of rotatable bonds is 8. The summed E-state index contributed by atoms with van der Waals surface area (Å²) in [5, 5.41) is 14.8. The zero-order valence-electron chi connectivity index (χ0n) is 18.0. The van der Waals surface area contributed by atoms with Gasteiger partial charge in [0.1, 0.15) is 11.4 Å². The van der Waals surface area contributed by atoms with E-state index in [0.717, 1.165) is 45.4 Å². The topological polar surface area (TPSA) is 76.9 Å². The van der Waals surface area contributed by atoms with Gasteiger partial charge in [0.05, 0.1) is 17.6 Å². The van der Waals surface area contributed by atoms with Gasteiger partial charge in [-0.25, -0.2) is 0 Å². The molecule has 7 nitrogen and oxygen atoms in total. The first-order valence-corrected chi connectivity index (χ1v) is 11.0. The lowest BCUT2D eigenvalue weighted by atomic mass is 9.79. The monoisotopic (exact) mass is 405 g/mol. The van der Waals surface area contributed by atoms with E-state index in [-0.39, 0.29) is 22.2 Å². The molecule has 0 spiro atoms. The molecule has 7 heteroatoms. The summed E-state index contributed by atoms with van der Waals surface area (Å²) in [4.78, 5) is 13.7. The normalized spacial score (nSPS) is 26.2. The third kappa shape index (κ3) is 5.39. The van der Waals surface area contributed by atoms with Crippen LogP contribution < -0.4 is 10.1 Å². The van der Waals surface area contributed by atoms with Gasteiger partial charge in [0.2, 0.25) is 0 Å². The number of nitro benzene ring substituents is 1. The average molecular weight is 406 g/mol. The summed E-state index contributed by atoms with van der Waals surface area (Å²) in [5.74, 6) is 0.664. The van der Waals surface area contributed by atoms with Gasteiger partial charge in [0.25, 0.3) is 5.69 Å². The van der Waals surface area contributed by atoms with Crippen LogP contribution in [0, 0.1) is 10.1 Å². The zero-order valence-corrected chi connectivity index (χ0v) is 18.0. The Morgan fingerprint density at radius 3 is 2.45 bits per heavy atom. The molecule has 29 heavy (non-hydrogen) atoms. The van der Waals surface area contributed by atoms with Crippen molar-refractivity contribution in [3.63, 3.8) is 0 Å². The number of hydrogen-bond acceptors (Lipinski definition) is 6. The van der Waals surface area contributed by atoms with Crippen LogP contribution in [0.4, 0.5) is 11.4 Å². The van der Waals surface area contributed by atoms with E-state index in [9.17, 15) is 10.1 Å². The number of nitro groups is 1. The molecule has 1 aliphatic carbocycles. The molecule has 0 unspecified atom stereocenters. The second-order valence-electron chi connectivity index (χ2n) is 8.43. The lowest BCUT2D eigenvalue weighted by Gasteiger charge is -2.48. The van der Waals surface area contributed by atoms with Crippen LogP contribution in [0.15, 0.2) is 18.2 Å². The van der Waals surface area contributed by atoms with Gasteiger partial charge in [-0.2, -0.15) is 0 Å². The Kier molecular flexibility index (Phi) is 7.35. The quantitative estimate of drug-likeness (QED) is 0.503. The van der Waals surface area contributed by atoms with Crippen molar-refractivity contribution in [2.75, 3.05) is 31.6 Å². The summed E-state index contributed by atoms with van der Waals surface area (Å²) in [7, 11) is 0. The number of nitrogens with one attached hydrogen (secondary N) is 1. The van der Waals surface area contributed by atoms with Crippen molar-refractivity contribution in [1.82, 2.24) is 4.90 Å². The van der Waals surface area contributed by atoms with Gasteiger partial charge in [-0.15, -0.1) is 0 Å². The summed E-state index contributed by atoms with van der Waals surface area (Å²) in [6.45, 7) is 9.75. The maximum Gasteiger partial charge on any atom is 0.292 e. The highest BCUT2D eigenvalue weighted by molar-refractivity contribution is 5.64. The number of hydrogen-bond donors (Lipinski definition) is 1. The molecule has 1 aliphatic heterocycles. The van der Waals surface area contributed by atoms with E-state index in [1.807, 2.05) is 6.92 Å². The maximum atomic E-state index is 11.4. The van der Waals surface area contributed by atoms with Gasteiger partial charge in [0.15, 0.2) is 0 Å². The summed E-state index contributed by atoms with van der Waals surface area (Å²) in [6.07, 6.45) is 7.03. The van der Waals surface area contributed by atoms with E-state index in [1.165, 1.54) is 18.9 Å². The van der Waals surface area contributed by atoms with Gasteiger partial charge in [-0.05, 0) is 65.4 Å². The molecular weight excluding hydrogens is 370 g/mol. The first kappa shape index (κ1) is 21.8. The van der Waals surface area contributed by atoms with Crippen molar-refractivity contribution in [3.8, 4) is 5.75 Å². The van der Waals surface area contributed by atoms with Crippen LogP contribution in [-0.4, -0.2) is 53.8 Å². The molecule has 1 aromatic carbocycles. The minimum Gasteiger partial charge on any atom is -0.494 e. The van der Waals surface area contributed by atoms with E-state index < -0.39 is 0 Å². The van der Waals surface area contributed by atoms with Crippen molar-refractivity contribution in [2.24, 2.45) is 0 Å². The lowest BCUT2D eigenvalue weighted by molar-refractivity contribution is -0.384. The SMILES string of the molecule is CCOc1ccc([N+](=O)[O-])c(NC2CCN(C3(C)CCC(OCC)CC3)CC2)c1. The number of piperidine rings is 1. The predicted octanol–water partition coefficient (Wildman–Crippen LogP) is 4.61. The minimum absolute atomic E-state index is 0.108. The van der Waals surface area contributed by atoms with Gasteiger partial charge >= 0.3 is 0 Å². The molecule has 0 atom stereocenters. The first-order chi connectivity index (χ1) is 13.9. The zero-order chi connectivity index (χ0) is 20.9. The molecule has 1 heterocycles. The number of likely N-dealkylation sites (tertiary alicyclic amines) is 1. The number of nitrogens with zero attached hydrogens (tertiary/aromatic N) is 2. The molecule has 3 rings (SSSR count). The Hall–Kier alpha value is -1.86. The summed E-state index contributed by atoms with van der Waals surface area (Å²) >= 11 is 0. The molecule has 162 valence electrons. The van der Waals surface area contributed by atoms with Crippen LogP contribution in [-0.2, 0) is 4.74 Å². The second kappa shape index (κ2) is 9.76. The van der Waals surface area contributed by atoms with Gasteiger partial charge in [-0.3, -0.25) is 15.0 Å². The number of benzene rings is 1. The van der Waals surface area contributed by atoms with Crippen molar-refractivity contribution >= 4 is 11.4 Å². The number of ether oxygens (including phenoxy) is 2. The highest BCUT2D eigenvalue weighted by atomic mass is 16.6. The van der Waals surface area contributed by atoms with E-state index in [4.69, 9.17) is 9.47 Å². The molecule has 1 aromatic rings. The molecule has 0 aromatic heterocycles. The third-order valence-corrected chi connectivity index (χ3v) is 6.51. The number of anilines is 1. The summed E-state index contributed by atoms with van der Waals surface area (Å²) in [5.41, 5.74) is 0.916. The fourth-order valence-electron chi connectivity index (χ4n) is 4.76. The summed E-state index contributed by atoms with van der Waals surface area (Å²) in [6, 6.07) is 5.18. The predicted molar refractivity (Wildman–Crippen MR) is 115 cm³/mol. The smallest absolute Gasteiger partial charge is 0.292 e. The van der Waals surface area contributed by atoms with Crippen LogP contribution in [0.3, 0.4) is 0 Å². The van der Waals surface area contributed by atoms with E-state index in [0.29, 0.717) is 24.1 Å². The molecule has 1 saturated heterocycles. The van der Waals surface area contributed by atoms with Gasteiger partial charge < -0.3 is 14.8 Å². The fourth-order valence-corrected chi connectivity index (χ4v) is 4.76. The van der Waals surface area contributed by atoms with E-state index >= 15 is 0 Å². The van der Waals surface area contributed by atoms with Crippen LogP contribution in [0.25, 0.3) is 0 Å². The Balaban J connectivity index is 1.57. The van der Waals surface area contributed by atoms with E-state index in [2.05, 4.69) is 24.1 Å². The van der Waals surface area contributed by atoms with Crippen LogP contribution in [0.2, 0.25) is 0 Å². The maximum absolute atomic E-state index is 11.4. The molecular formula is C22H35N3O4.